The van der Waals surface area contributed by atoms with Crippen molar-refractivity contribution in [3.05, 3.63) is 83.9 Å². The average Bonchev–Trinajstić information content (AvgIpc) is 2.46. The maximum atomic E-state index is 12.4. The monoisotopic (exact) mass is 234 g/mol. The maximum Gasteiger partial charge on any atom is 0.193 e. The molecule has 0 aliphatic heterocycles. The minimum Gasteiger partial charge on any atom is -0.289 e. The molecule has 88 valence electrons. The minimum atomic E-state index is 0.0149. The van der Waals surface area contributed by atoms with Crippen LogP contribution in [0.3, 0.4) is 0 Å². The SMILES string of the molecule is C=Cc1ccc(C(=O)c2ccccc2)c(C=C)c1. The number of carbonyl (C=O) groups is 1. The van der Waals surface area contributed by atoms with Gasteiger partial charge in [0.2, 0.25) is 0 Å². The molecule has 0 aliphatic rings. The molecule has 2 rings (SSSR count). The van der Waals surface area contributed by atoms with Gasteiger partial charge in [0.05, 0.1) is 0 Å². The van der Waals surface area contributed by atoms with Crippen molar-refractivity contribution in [2.75, 3.05) is 0 Å². The van der Waals surface area contributed by atoms with Crippen LogP contribution >= 0.6 is 0 Å². The second-order valence-corrected chi connectivity index (χ2v) is 3.95. The first kappa shape index (κ1) is 12.1. The van der Waals surface area contributed by atoms with Crippen LogP contribution in [0.5, 0.6) is 0 Å². The van der Waals surface area contributed by atoms with Crippen LogP contribution < -0.4 is 0 Å². The second kappa shape index (κ2) is 5.28. The summed E-state index contributed by atoms with van der Waals surface area (Å²) in [7, 11) is 0. The molecule has 0 radical (unpaired) electrons. The molecule has 0 saturated carbocycles. The molecule has 0 spiro atoms. The van der Waals surface area contributed by atoms with Crippen LogP contribution in [-0.4, -0.2) is 5.78 Å². The number of ketones is 1. The third-order valence-electron chi connectivity index (χ3n) is 2.81. The van der Waals surface area contributed by atoms with Crippen molar-refractivity contribution in [3.63, 3.8) is 0 Å². The molecule has 0 fully saturated rings. The highest BCUT2D eigenvalue weighted by atomic mass is 16.1. The van der Waals surface area contributed by atoms with E-state index in [2.05, 4.69) is 13.2 Å². The average molecular weight is 234 g/mol. The van der Waals surface area contributed by atoms with Crippen LogP contribution in [0, 0.1) is 0 Å². The van der Waals surface area contributed by atoms with E-state index in [1.165, 1.54) is 0 Å². The molecule has 0 aromatic heterocycles. The third kappa shape index (κ3) is 2.30. The van der Waals surface area contributed by atoms with Gasteiger partial charge in [-0.1, -0.05) is 61.7 Å². The Morgan fingerprint density at radius 1 is 0.944 bits per heavy atom. The first-order valence-electron chi connectivity index (χ1n) is 5.75. The topological polar surface area (TPSA) is 17.1 Å². The van der Waals surface area contributed by atoms with E-state index in [4.69, 9.17) is 0 Å². The zero-order valence-corrected chi connectivity index (χ0v) is 10.1. The predicted molar refractivity (Wildman–Crippen MR) is 76.5 cm³/mol. The Labute approximate surface area is 107 Å². The summed E-state index contributed by atoms with van der Waals surface area (Å²) in [4.78, 5) is 12.4. The maximum absolute atomic E-state index is 12.4. The van der Waals surface area contributed by atoms with Gasteiger partial charge >= 0.3 is 0 Å². The van der Waals surface area contributed by atoms with Gasteiger partial charge in [0.15, 0.2) is 5.78 Å². The molecule has 0 unspecified atom stereocenters. The van der Waals surface area contributed by atoms with Crippen molar-refractivity contribution in [3.8, 4) is 0 Å². The standard InChI is InChI=1S/C17H14O/c1-3-13-10-11-16(14(4-2)12-13)17(18)15-8-6-5-7-9-15/h3-12H,1-2H2. The van der Waals surface area contributed by atoms with Gasteiger partial charge in [-0.3, -0.25) is 4.79 Å². The Balaban J connectivity index is 2.48. The summed E-state index contributed by atoms with van der Waals surface area (Å²) >= 11 is 0. The Morgan fingerprint density at radius 3 is 2.28 bits per heavy atom. The number of benzene rings is 2. The summed E-state index contributed by atoms with van der Waals surface area (Å²) in [5, 5.41) is 0. The smallest absolute Gasteiger partial charge is 0.193 e. The molecule has 2 aromatic rings. The van der Waals surface area contributed by atoms with Gasteiger partial charge in [-0.25, -0.2) is 0 Å². The number of hydrogen-bond acceptors (Lipinski definition) is 1. The van der Waals surface area contributed by atoms with Gasteiger partial charge in [0.25, 0.3) is 0 Å². The molecular formula is C17H14O. The van der Waals surface area contributed by atoms with Crippen LogP contribution in [0.1, 0.15) is 27.0 Å². The van der Waals surface area contributed by atoms with Crippen molar-refractivity contribution in [1.82, 2.24) is 0 Å². The predicted octanol–water partition coefficient (Wildman–Crippen LogP) is 4.20. The van der Waals surface area contributed by atoms with Gasteiger partial charge in [-0.2, -0.15) is 0 Å². The number of rotatable bonds is 4. The van der Waals surface area contributed by atoms with E-state index in [1.807, 2.05) is 48.5 Å². The van der Waals surface area contributed by atoms with Gasteiger partial charge in [0.1, 0.15) is 0 Å². The molecule has 2 aromatic carbocycles. The summed E-state index contributed by atoms with van der Waals surface area (Å²) in [5.74, 6) is 0.0149. The lowest BCUT2D eigenvalue weighted by Crippen LogP contribution is -2.03. The zero-order valence-electron chi connectivity index (χ0n) is 10.1. The number of carbonyl (C=O) groups excluding carboxylic acids is 1. The summed E-state index contributed by atoms with van der Waals surface area (Å²) < 4.78 is 0. The lowest BCUT2D eigenvalue weighted by atomic mass is 9.96. The van der Waals surface area contributed by atoms with Gasteiger partial charge in [0, 0.05) is 11.1 Å². The molecule has 0 amide bonds. The Kier molecular flexibility index (Phi) is 3.54. The molecule has 1 nitrogen and oxygen atoms in total. The summed E-state index contributed by atoms with van der Waals surface area (Å²) in [6.07, 6.45) is 3.45. The lowest BCUT2D eigenvalue weighted by Gasteiger charge is -2.06. The fourth-order valence-corrected chi connectivity index (χ4v) is 1.83. The molecule has 0 atom stereocenters. The molecule has 0 heterocycles. The highest BCUT2D eigenvalue weighted by Gasteiger charge is 2.11. The normalized spacial score (nSPS) is 9.78. The van der Waals surface area contributed by atoms with Crippen molar-refractivity contribution in [2.24, 2.45) is 0 Å². The molecule has 0 aliphatic carbocycles. The van der Waals surface area contributed by atoms with E-state index in [-0.39, 0.29) is 5.78 Å². The van der Waals surface area contributed by atoms with E-state index in [9.17, 15) is 4.79 Å². The lowest BCUT2D eigenvalue weighted by molar-refractivity contribution is 0.103. The van der Waals surface area contributed by atoms with Crippen molar-refractivity contribution >= 4 is 17.9 Å². The minimum absolute atomic E-state index is 0.0149. The Hall–Kier alpha value is -2.41. The van der Waals surface area contributed by atoms with Crippen LogP contribution in [0.4, 0.5) is 0 Å². The molecule has 18 heavy (non-hydrogen) atoms. The van der Waals surface area contributed by atoms with Crippen LogP contribution in [0.15, 0.2) is 61.7 Å². The first-order valence-corrected chi connectivity index (χ1v) is 5.75. The fraction of sp³-hybridized carbons (Fsp3) is 0. The van der Waals surface area contributed by atoms with E-state index in [0.29, 0.717) is 11.1 Å². The van der Waals surface area contributed by atoms with E-state index in [1.54, 1.807) is 12.2 Å². The Morgan fingerprint density at radius 2 is 1.67 bits per heavy atom. The number of hydrogen-bond donors (Lipinski definition) is 0. The summed E-state index contributed by atoms with van der Waals surface area (Å²) in [5.41, 5.74) is 3.17. The summed E-state index contributed by atoms with van der Waals surface area (Å²) in [6, 6.07) is 14.9. The van der Waals surface area contributed by atoms with Gasteiger partial charge in [-0.05, 0) is 23.3 Å². The third-order valence-corrected chi connectivity index (χ3v) is 2.81. The molecule has 0 saturated heterocycles. The summed E-state index contributed by atoms with van der Waals surface area (Å²) in [6.45, 7) is 7.48. The highest BCUT2D eigenvalue weighted by Crippen LogP contribution is 2.18. The van der Waals surface area contributed by atoms with E-state index in [0.717, 1.165) is 11.1 Å². The highest BCUT2D eigenvalue weighted by molar-refractivity contribution is 6.11. The van der Waals surface area contributed by atoms with E-state index >= 15 is 0 Å². The quantitative estimate of drug-likeness (QED) is 0.724. The molecule has 0 bridgehead atoms. The largest absolute Gasteiger partial charge is 0.289 e. The van der Waals surface area contributed by atoms with Crippen LogP contribution in [-0.2, 0) is 0 Å². The second-order valence-electron chi connectivity index (χ2n) is 3.95. The van der Waals surface area contributed by atoms with Crippen LogP contribution in [0.25, 0.3) is 12.2 Å². The first-order chi connectivity index (χ1) is 8.76. The van der Waals surface area contributed by atoms with E-state index < -0.39 is 0 Å². The molecule has 0 N–H and O–H groups in total. The fourth-order valence-electron chi connectivity index (χ4n) is 1.83. The van der Waals surface area contributed by atoms with Gasteiger partial charge in [-0.15, -0.1) is 0 Å². The Bertz CT molecular complexity index is 594. The van der Waals surface area contributed by atoms with Crippen molar-refractivity contribution < 1.29 is 4.79 Å². The van der Waals surface area contributed by atoms with Crippen molar-refractivity contribution in [2.45, 2.75) is 0 Å². The van der Waals surface area contributed by atoms with Gasteiger partial charge < -0.3 is 0 Å². The molecular weight excluding hydrogens is 220 g/mol. The zero-order chi connectivity index (χ0) is 13.0. The van der Waals surface area contributed by atoms with Crippen molar-refractivity contribution in [1.29, 1.82) is 0 Å². The van der Waals surface area contributed by atoms with Crippen LogP contribution in [0.2, 0.25) is 0 Å². The molecule has 1 heteroatoms.